The Balaban J connectivity index is 1.50. The van der Waals surface area contributed by atoms with Gasteiger partial charge in [0.2, 0.25) is 0 Å². The third-order valence-electron chi connectivity index (χ3n) is 6.71. The Bertz CT molecular complexity index is 721. The first-order chi connectivity index (χ1) is 12.7. The predicted molar refractivity (Wildman–Crippen MR) is 108 cm³/mol. The Kier molecular flexibility index (Phi) is 5.69. The zero-order chi connectivity index (χ0) is 17.9. The van der Waals surface area contributed by atoms with Gasteiger partial charge in [-0.3, -0.25) is 4.79 Å². The molecule has 4 rings (SSSR count). The van der Waals surface area contributed by atoms with Crippen molar-refractivity contribution in [3.8, 4) is 0 Å². The number of Topliss-reactive ketones (excluding diaryl/α,β-unsaturated/α-hetero) is 1. The molecular weight excluding hydrogens is 339 g/mol. The van der Waals surface area contributed by atoms with Crippen LogP contribution < -0.4 is 0 Å². The zero-order valence-electron chi connectivity index (χ0n) is 15.7. The molecule has 0 amide bonds. The van der Waals surface area contributed by atoms with E-state index in [1.807, 2.05) is 0 Å². The van der Waals surface area contributed by atoms with Gasteiger partial charge in [0.05, 0.1) is 0 Å². The van der Waals surface area contributed by atoms with Gasteiger partial charge in [0, 0.05) is 18.8 Å². The highest BCUT2D eigenvalue weighted by molar-refractivity contribution is 7.44. The quantitative estimate of drug-likeness (QED) is 0.500. The van der Waals surface area contributed by atoms with Crippen LogP contribution in [0.15, 0.2) is 29.8 Å². The van der Waals surface area contributed by atoms with E-state index in [0.717, 1.165) is 44.4 Å². The molecule has 1 heterocycles. The van der Waals surface area contributed by atoms with E-state index in [9.17, 15) is 9.36 Å². The summed E-state index contributed by atoms with van der Waals surface area (Å²) in [5, 5.41) is 0. The lowest BCUT2D eigenvalue weighted by Gasteiger charge is -2.16. The van der Waals surface area contributed by atoms with Crippen LogP contribution in [0.1, 0.15) is 74.8 Å². The highest BCUT2D eigenvalue weighted by Gasteiger charge is 2.30. The Labute approximate surface area is 158 Å². The first-order valence-electron chi connectivity index (χ1n) is 10.4. The Morgan fingerprint density at radius 2 is 1.77 bits per heavy atom. The largest absolute Gasteiger partial charge is 0.338 e. The van der Waals surface area contributed by atoms with Crippen LogP contribution in [0, 0.1) is 11.8 Å². The molecule has 1 saturated carbocycles. The zero-order valence-corrected chi connectivity index (χ0v) is 16.6. The SMILES string of the molecule is O=C1CCC2=Cc3ccccc3C2CCC[P+](=O)CCC2CCC(C1)C2. The van der Waals surface area contributed by atoms with Gasteiger partial charge in [0.25, 0.3) is 0 Å². The summed E-state index contributed by atoms with van der Waals surface area (Å²) >= 11 is 0. The molecule has 0 spiro atoms. The first-order valence-corrected chi connectivity index (χ1v) is 12.0. The minimum Gasteiger partial charge on any atom is -0.300 e. The van der Waals surface area contributed by atoms with E-state index in [0.29, 0.717) is 30.0 Å². The topological polar surface area (TPSA) is 34.1 Å². The van der Waals surface area contributed by atoms with E-state index in [-0.39, 0.29) is 0 Å². The number of fused-ring (bicyclic) bond motifs is 5. The maximum Gasteiger partial charge on any atom is 0.338 e. The lowest BCUT2D eigenvalue weighted by Crippen LogP contribution is -2.07. The van der Waals surface area contributed by atoms with Crippen molar-refractivity contribution in [2.45, 2.75) is 63.7 Å². The summed E-state index contributed by atoms with van der Waals surface area (Å²) < 4.78 is 12.5. The van der Waals surface area contributed by atoms with Crippen LogP contribution in [0.3, 0.4) is 0 Å². The van der Waals surface area contributed by atoms with Gasteiger partial charge >= 0.3 is 7.80 Å². The molecule has 2 nitrogen and oxygen atoms in total. The van der Waals surface area contributed by atoms with E-state index < -0.39 is 7.80 Å². The van der Waals surface area contributed by atoms with Gasteiger partial charge in [-0.25, -0.2) is 0 Å². The summed E-state index contributed by atoms with van der Waals surface area (Å²) in [4.78, 5) is 12.5. The maximum atomic E-state index is 12.5. The van der Waals surface area contributed by atoms with E-state index >= 15 is 0 Å². The minimum atomic E-state index is -1.05. The third-order valence-corrected chi connectivity index (χ3v) is 8.28. The molecular formula is C23H30O2P+. The lowest BCUT2D eigenvalue weighted by molar-refractivity contribution is -0.119. The van der Waals surface area contributed by atoms with Crippen molar-refractivity contribution in [1.29, 1.82) is 0 Å². The van der Waals surface area contributed by atoms with Crippen molar-refractivity contribution in [2.24, 2.45) is 11.8 Å². The van der Waals surface area contributed by atoms with Crippen LogP contribution in [0.4, 0.5) is 0 Å². The van der Waals surface area contributed by atoms with Gasteiger partial charge < -0.3 is 0 Å². The molecule has 2 aliphatic carbocycles. The molecule has 3 aliphatic rings. The standard InChI is InChI=1S/C23H30O2P/c24-21-10-9-20-16-19-4-1-2-5-22(19)23(20)6-3-12-26(25)13-11-17-7-8-18(14-17)15-21/h1-2,4-5,16-18,23H,3,6-15H2/q+1. The van der Waals surface area contributed by atoms with Crippen molar-refractivity contribution in [1.82, 2.24) is 0 Å². The van der Waals surface area contributed by atoms with Crippen molar-refractivity contribution in [3.05, 3.63) is 41.0 Å². The van der Waals surface area contributed by atoms with E-state index in [1.165, 1.54) is 36.0 Å². The summed E-state index contributed by atoms with van der Waals surface area (Å²) in [6.07, 6.45) is 13.3. The molecule has 0 radical (unpaired) electrons. The Morgan fingerprint density at radius 3 is 2.69 bits per heavy atom. The molecule has 2 fully saturated rings. The smallest absolute Gasteiger partial charge is 0.300 e. The summed E-state index contributed by atoms with van der Waals surface area (Å²) in [5.74, 6) is 2.18. The van der Waals surface area contributed by atoms with Gasteiger partial charge in [-0.05, 0) is 61.5 Å². The van der Waals surface area contributed by atoms with Crippen molar-refractivity contribution in [3.63, 3.8) is 0 Å². The van der Waals surface area contributed by atoms with Gasteiger partial charge in [0.15, 0.2) is 0 Å². The molecule has 138 valence electrons. The van der Waals surface area contributed by atoms with Crippen LogP contribution >= 0.6 is 7.80 Å². The normalized spacial score (nSPS) is 31.5. The molecule has 3 heteroatoms. The van der Waals surface area contributed by atoms with Crippen LogP contribution in [0.25, 0.3) is 6.08 Å². The number of carbonyl (C=O) groups excluding carboxylic acids is 1. The fourth-order valence-electron chi connectivity index (χ4n) is 5.29. The number of benzene rings is 1. The number of carbonyl (C=O) groups is 1. The molecule has 1 aromatic carbocycles. The van der Waals surface area contributed by atoms with E-state index in [1.54, 1.807) is 0 Å². The monoisotopic (exact) mass is 369 g/mol. The second-order valence-electron chi connectivity index (χ2n) is 8.55. The molecule has 1 aliphatic heterocycles. The molecule has 26 heavy (non-hydrogen) atoms. The highest BCUT2D eigenvalue weighted by Crippen LogP contribution is 2.43. The number of rotatable bonds is 0. The average Bonchev–Trinajstić information content (AvgIpc) is 3.22. The van der Waals surface area contributed by atoms with Crippen LogP contribution in [-0.2, 0) is 9.36 Å². The molecule has 2 bridgehead atoms. The molecule has 1 aromatic rings. The highest BCUT2D eigenvalue weighted by atomic mass is 31.1. The summed E-state index contributed by atoms with van der Waals surface area (Å²) in [6, 6.07) is 8.64. The van der Waals surface area contributed by atoms with Crippen molar-refractivity contribution < 1.29 is 9.36 Å². The molecule has 4 unspecified atom stereocenters. The third kappa shape index (κ3) is 4.17. The maximum absolute atomic E-state index is 12.5. The number of hydrogen-bond acceptors (Lipinski definition) is 2. The van der Waals surface area contributed by atoms with Crippen LogP contribution in [0.2, 0.25) is 0 Å². The Hall–Kier alpha value is -1.27. The fourth-order valence-corrected chi connectivity index (χ4v) is 6.70. The summed E-state index contributed by atoms with van der Waals surface area (Å²) in [6.45, 7) is 0. The summed E-state index contributed by atoms with van der Waals surface area (Å²) in [7, 11) is -1.05. The second kappa shape index (κ2) is 8.17. The van der Waals surface area contributed by atoms with Crippen molar-refractivity contribution in [2.75, 3.05) is 12.3 Å². The average molecular weight is 369 g/mol. The van der Waals surface area contributed by atoms with E-state index in [4.69, 9.17) is 0 Å². The van der Waals surface area contributed by atoms with E-state index in [2.05, 4.69) is 30.3 Å². The van der Waals surface area contributed by atoms with Gasteiger partial charge in [0.1, 0.15) is 18.1 Å². The molecule has 0 aromatic heterocycles. The van der Waals surface area contributed by atoms with Crippen LogP contribution in [-0.4, -0.2) is 18.1 Å². The number of allylic oxidation sites excluding steroid dienone is 1. The first kappa shape index (κ1) is 18.1. The number of hydrogen-bond donors (Lipinski definition) is 0. The predicted octanol–water partition coefficient (Wildman–Crippen LogP) is 6.33. The van der Waals surface area contributed by atoms with Crippen LogP contribution in [0.5, 0.6) is 0 Å². The van der Waals surface area contributed by atoms with Gasteiger partial charge in [-0.15, -0.1) is 0 Å². The Morgan fingerprint density at radius 1 is 0.923 bits per heavy atom. The van der Waals surface area contributed by atoms with Crippen molar-refractivity contribution >= 4 is 19.7 Å². The fraction of sp³-hybridized carbons (Fsp3) is 0.609. The summed E-state index contributed by atoms with van der Waals surface area (Å²) in [5.41, 5.74) is 4.16. The lowest BCUT2D eigenvalue weighted by atomic mass is 9.88. The minimum absolute atomic E-state index is 0.434. The molecule has 1 saturated heterocycles. The number of ketones is 1. The van der Waals surface area contributed by atoms with Gasteiger partial charge in [-0.1, -0.05) is 46.9 Å². The van der Waals surface area contributed by atoms with Gasteiger partial charge in [-0.2, -0.15) is 0 Å². The second-order valence-corrected chi connectivity index (χ2v) is 10.4. The molecule has 0 N–H and O–H groups in total. The molecule has 4 atom stereocenters.